The monoisotopic (exact) mass is 342 g/mol. The molecule has 2 aromatic rings. The Balaban J connectivity index is 1.57. The molecule has 0 radical (unpaired) electrons. The second kappa shape index (κ2) is 7.71. The van der Waals surface area contributed by atoms with Gasteiger partial charge < -0.3 is 10.6 Å². The Hall–Kier alpha value is -2.00. The van der Waals surface area contributed by atoms with Gasteiger partial charge in [0.15, 0.2) is 0 Å². The van der Waals surface area contributed by atoms with Gasteiger partial charge in [0.2, 0.25) is 0 Å². The molecule has 1 unspecified atom stereocenters. The van der Waals surface area contributed by atoms with Crippen molar-refractivity contribution >= 4 is 17.6 Å². The van der Waals surface area contributed by atoms with Gasteiger partial charge in [-0.15, -0.1) is 0 Å². The number of urea groups is 1. The maximum Gasteiger partial charge on any atom is 0.315 e. The van der Waals surface area contributed by atoms with E-state index in [0.29, 0.717) is 11.6 Å². The number of hydrogen-bond donors (Lipinski definition) is 2. The Morgan fingerprint density at radius 2 is 1.88 bits per heavy atom. The molecule has 1 atom stereocenters. The first-order valence-electron chi connectivity index (χ1n) is 8.53. The van der Waals surface area contributed by atoms with E-state index in [9.17, 15) is 4.79 Å². The summed E-state index contributed by atoms with van der Waals surface area (Å²) in [5.74, 6) is 0. The van der Waals surface area contributed by atoms with Crippen LogP contribution in [-0.4, -0.2) is 6.03 Å². The number of benzene rings is 2. The molecule has 3 nitrogen and oxygen atoms in total. The van der Waals surface area contributed by atoms with Crippen LogP contribution >= 0.6 is 11.6 Å². The van der Waals surface area contributed by atoms with Crippen molar-refractivity contribution in [2.75, 3.05) is 0 Å². The summed E-state index contributed by atoms with van der Waals surface area (Å²) < 4.78 is 0. The Labute approximate surface area is 148 Å². The van der Waals surface area contributed by atoms with Crippen LogP contribution in [0.25, 0.3) is 0 Å². The lowest BCUT2D eigenvalue weighted by atomic mass is 9.89. The average Bonchev–Trinajstić information content (AvgIpc) is 2.60. The second-order valence-corrected chi connectivity index (χ2v) is 6.78. The number of amides is 2. The first kappa shape index (κ1) is 16.8. The zero-order chi connectivity index (χ0) is 16.9. The first-order chi connectivity index (χ1) is 11.6. The van der Waals surface area contributed by atoms with E-state index >= 15 is 0 Å². The molecule has 4 heteroatoms. The van der Waals surface area contributed by atoms with E-state index < -0.39 is 0 Å². The third-order valence-corrected chi connectivity index (χ3v) is 4.99. The normalized spacial score (nSPS) is 14.6. The highest BCUT2D eigenvalue weighted by atomic mass is 35.5. The minimum absolute atomic E-state index is 0.0246. The van der Waals surface area contributed by atoms with Crippen molar-refractivity contribution in [3.63, 3.8) is 0 Å². The van der Waals surface area contributed by atoms with E-state index in [0.717, 1.165) is 17.5 Å². The number of fused-ring (bicyclic) bond motifs is 1. The third kappa shape index (κ3) is 4.09. The highest BCUT2D eigenvalue weighted by Gasteiger charge is 2.14. The zero-order valence-corrected chi connectivity index (χ0v) is 14.7. The summed E-state index contributed by atoms with van der Waals surface area (Å²) in [4.78, 5) is 12.1. The molecular formula is C20H23ClN2O. The minimum Gasteiger partial charge on any atom is -0.334 e. The number of nitrogens with one attached hydrogen (secondary N) is 2. The summed E-state index contributed by atoms with van der Waals surface area (Å²) in [6.07, 6.45) is 4.87. The van der Waals surface area contributed by atoms with Crippen LogP contribution in [0.1, 0.15) is 48.1 Å². The summed E-state index contributed by atoms with van der Waals surface area (Å²) in [6, 6.07) is 13.9. The summed E-state index contributed by atoms with van der Waals surface area (Å²) in [6.45, 7) is 2.43. The molecule has 0 bridgehead atoms. The minimum atomic E-state index is -0.180. The fraction of sp³-hybridized carbons (Fsp3) is 0.350. The highest BCUT2D eigenvalue weighted by Crippen LogP contribution is 2.24. The summed E-state index contributed by atoms with van der Waals surface area (Å²) in [5, 5.41) is 6.54. The van der Waals surface area contributed by atoms with Crippen LogP contribution in [0.2, 0.25) is 5.02 Å². The van der Waals surface area contributed by atoms with Crippen LogP contribution in [0.4, 0.5) is 4.79 Å². The van der Waals surface area contributed by atoms with Crippen molar-refractivity contribution in [1.82, 2.24) is 10.6 Å². The molecule has 0 saturated heterocycles. The van der Waals surface area contributed by atoms with E-state index in [-0.39, 0.29) is 12.1 Å². The quantitative estimate of drug-likeness (QED) is 0.824. The second-order valence-electron chi connectivity index (χ2n) is 6.38. The van der Waals surface area contributed by atoms with E-state index in [1.807, 2.05) is 31.2 Å². The van der Waals surface area contributed by atoms with Gasteiger partial charge in [0.1, 0.15) is 0 Å². The first-order valence-corrected chi connectivity index (χ1v) is 8.91. The molecule has 1 aliphatic carbocycles. The van der Waals surface area contributed by atoms with Crippen molar-refractivity contribution in [1.29, 1.82) is 0 Å². The summed E-state index contributed by atoms with van der Waals surface area (Å²) >= 11 is 6.11. The number of hydrogen-bond acceptors (Lipinski definition) is 1. The Morgan fingerprint density at radius 1 is 1.12 bits per heavy atom. The van der Waals surface area contributed by atoms with Crippen molar-refractivity contribution in [3.05, 3.63) is 69.7 Å². The van der Waals surface area contributed by atoms with Gasteiger partial charge in [0.25, 0.3) is 0 Å². The number of carbonyl (C=O) groups excluding carboxylic acids is 1. The largest absolute Gasteiger partial charge is 0.334 e. The van der Waals surface area contributed by atoms with Crippen molar-refractivity contribution in [2.24, 2.45) is 0 Å². The van der Waals surface area contributed by atoms with Gasteiger partial charge in [0, 0.05) is 11.6 Å². The third-order valence-electron chi connectivity index (χ3n) is 4.62. The van der Waals surface area contributed by atoms with Gasteiger partial charge >= 0.3 is 6.03 Å². The average molecular weight is 343 g/mol. The molecule has 0 aliphatic heterocycles. The van der Waals surface area contributed by atoms with E-state index in [4.69, 9.17) is 11.6 Å². The molecule has 3 rings (SSSR count). The fourth-order valence-corrected chi connectivity index (χ4v) is 3.37. The van der Waals surface area contributed by atoms with Gasteiger partial charge in [-0.1, -0.05) is 48.0 Å². The lowest BCUT2D eigenvalue weighted by Crippen LogP contribution is -2.36. The van der Waals surface area contributed by atoms with Gasteiger partial charge in [-0.2, -0.15) is 0 Å². The molecule has 0 fully saturated rings. The molecule has 126 valence electrons. The van der Waals surface area contributed by atoms with Gasteiger partial charge in [0.05, 0.1) is 6.04 Å². The Morgan fingerprint density at radius 3 is 2.67 bits per heavy atom. The summed E-state index contributed by atoms with van der Waals surface area (Å²) in [5.41, 5.74) is 4.96. The van der Waals surface area contributed by atoms with Crippen LogP contribution in [0, 0.1) is 0 Å². The fourth-order valence-electron chi connectivity index (χ4n) is 3.17. The molecular weight excluding hydrogens is 320 g/mol. The number of aryl methyl sites for hydroxylation is 2. The SMILES string of the molecule is CC(NC(=O)NCc1ccccc1Cl)c1ccc2c(c1)CCCC2. The molecule has 2 N–H and O–H groups in total. The lowest BCUT2D eigenvalue weighted by Gasteiger charge is -2.20. The van der Waals surface area contributed by atoms with Crippen LogP contribution in [0.15, 0.2) is 42.5 Å². The molecule has 1 aliphatic rings. The Bertz CT molecular complexity index is 729. The van der Waals surface area contributed by atoms with E-state index in [1.165, 1.54) is 30.4 Å². The lowest BCUT2D eigenvalue weighted by molar-refractivity contribution is 0.237. The highest BCUT2D eigenvalue weighted by molar-refractivity contribution is 6.31. The van der Waals surface area contributed by atoms with Crippen LogP contribution in [-0.2, 0) is 19.4 Å². The molecule has 24 heavy (non-hydrogen) atoms. The molecule has 0 heterocycles. The maximum absolute atomic E-state index is 12.1. The predicted octanol–water partition coefficient (Wildman–Crippen LogP) is 4.78. The number of carbonyl (C=O) groups is 1. The standard InChI is InChI=1S/C20H23ClN2O/c1-14(16-11-10-15-6-2-3-7-17(15)12-16)23-20(24)22-13-18-8-4-5-9-19(18)21/h4-5,8-12,14H,2-3,6-7,13H2,1H3,(H2,22,23,24). The smallest absolute Gasteiger partial charge is 0.315 e. The van der Waals surface area contributed by atoms with Gasteiger partial charge in [-0.25, -0.2) is 4.79 Å². The van der Waals surface area contributed by atoms with Crippen LogP contribution in [0.5, 0.6) is 0 Å². The van der Waals surface area contributed by atoms with Crippen molar-refractivity contribution < 1.29 is 4.79 Å². The maximum atomic E-state index is 12.1. The Kier molecular flexibility index (Phi) is 5.41. The topological polar surface area (TPSA) is 41.1 Å². The van der Waals surface area contributed by atoms with Gasteiger partial charge in [-0.05, 0) is 60.9 Å². The molecule has 0 aromatic heterocycles. The molecule has 0 saturated carbocycles. The van der Waals surface area contributed by atoms with Crippen molar-refractivity contribution in [2.45, 2.75) is 45.2 Å². The van der Waals surface area contributed by atoms with Crippen molar-refractivity contribution in [3.8, 4) is 0 Å². The number of halogens is 1. The molecule has 2 aromatic carbocycles. The van der Waals surface area contributed by atoms with E-state index in [1.54, 1.807) is 0 Å². The summed E-state index contributed by atoms with van der Waals surface area (Å²) in [7, 11) is 0. The predicted molar refractivity (Wildman–Crippen MR) is 98.3 cm³/mol. The van der Waals surface area contributed by atoms with Crippen LogP contribution in [0.3, 0.4) is 0 Å². The van der Waals surface area contributed by atoms with E-state index in [2.05, 4.69) is 28.8 Å². The zero-order valence-electron chi connectivity index (χ0n) is 13.9. The molecule has 0 spiro atoms. The van der Waals surface area contributed by atoms with Gasteiger partial charge in [-0.3, -0.25) is 0 Å². The molecule has 2 amide bonds. The van der Waals surface area contributed by atoms with Crippen LogP contribution < -0.4 is 10.6 Å². The number of rotatable bonds is 4.